The summed E-state index contributed by atoms with van der Waals surface area (Å²) in [6.45, 7) is 16.5. The fourth-order valence-electron chi connectivity index (χ4n) is 6.32. The predicted molar refractivity (Wildman–Crippen MR) is 177 cm³/mol. The molecule has 4 aliphatic rings. The molecule has 1 amide bonds. The molecule has 2 heterocycles. The van der Waals surface area contributed by atoms with Gasteiger partial charge < -0.3 is 15.4 Å². The van der Waals surface area contributed by atoms with Gasteiger partial charge in [-0.25, -0.2) is 0 Å². The summed E-state index contributed by atoms with van der Waals surface area (Å²) in [7, 11) is 0. The van der Waals surface area contributed by atoms with E-state index in [2.05, 4.69) is 13.0 Å². The summed E-state index contributed by atoms with van der Waals surface area (Å²) in [6, 6.07) is 6.28. The topological polar surface area (TPSA) is 102 Å². The van der Waals surface area contributed by atoms with Crippen molar-refractivity contribution in [1.82, 2.24) is 4.57 Å². The molecule has 1 unspecified atom stereocenters. The monoisotopic (exact) mass is 647 g/mol. The van der Waals surface area contributed by atoms with Crippen molar-refractivity contribution < 1.29 is 70.5 Å². The molecule has 8 heteroatoms. The molecule has 3 aliphatic carbocycles. The van der Waals surface area contributed by atoms with E-state index < -0.39 is 6.10 Å². The minimum Gasteiger partial charge on any atom is -0.382 e. The number of fused-ring (bicyclic) bond motifs is 3. The van der Waals surface area contributed by atoms with Gasteiger partial charge in [-0.3, -0.25) is 18.8 Å². The van der Waals surface area contributed by atoms with E-state index in [1.54, 1.807) is 17.6 Å². The number of nitrogens with zero attached hydrogens (tertiary/aromatic N) is 1. The molecule has 0 spiro atoms. The van der Waals surface area contributed by atoms with Gasteiger partial charge in [0.1, 0.15) is 6.10 Å². The molecule has 6 nitrogen and oxygen atoms in total. The van der Waals surface area contributed by atoms with Crippen molar-refractivity contribution in [3.05, 3.63) is 79.9 Å². The Morgan fingerprint density at radius 3 is 2.22 bits per heavy atom. The van der Waals surface area contributed by atoms with E-state index in [1.165, 1.54) is 18.9 Å². The van der Waals surface area contributed by atoms with E-state index in [0.717, 1.165) is 60.3 Å². The Labute approximate surface area is 312 Å². The summed E-state index contributed by atoms with van der Waals surface area (Å²) >= 11 is 0. The number of hydrogen-bond acceptors (Lipinski definition) is 4. The summed E-state index contributed by atoms with van der Waals surface area (Å²) in [6.07, 6.45) is 8.34. The van der Waals surface area contributed by atoms with Gasteiger partial charge in [0.15, 0.2) is 5.78 Å². The van der Waals surface area contributed by atoms with Crippen molar-refractivity contribution in [2.75, 3.05) is 0 Å². The number of nitrogens with two attached hydrogens (primary N) is 1. The number of allylic oxidation sites excluding steroid dienone is 2. The Kier molecular flexibility index (Phi) is 18.4. The third-order valence-electron chi connectivity index (χ3n) is 8.76. The molecule has 1 aromatic heterocycles. The summed E-state index contributed by atoms with van der Waals surface area (Å²) in [5.41, 5.74) is 11.5. The minimum absolute atomic E-state index is 0. The Bertz CT molecular complexity index is 1390. The maximum absolute atomic E-state index is 14.0. The van der Waals surface area contributed by atoms with Crippen LogP contribution in [0.5, 0.6) is 0 Å². The number of ketones is 1. The first-order valence-corrected chi connectivity index (χ1v) is 16.7. The Hall–Kier alpha value is -1.55. The minimum atomic E-state index is -1.21. The van der Waals surface area contributed by atoms with Crippen LogP contribution in [0.15, 0.2) is 22.5 Å². The smallest absolute Gasteiger partial charge is 0.382 e. The van der Waals surface area contributed by atoms with E-state index in [1.807, 2.05) is 48.0 Å². The Morgan fingerprint density at radius 2 is 1.62 bits per heavy atom. The van der Waals surface area contributed by atoms with Gasteiger partial charge in [-0.05, 0) is 38.0 Å². The van der Waals surface area contributed by atoms with E-state index >= 15 is 0 Å². The van der Waals surface area contributed by atoms with Gasteiger partial charge in [-0.15, -0.1) is 41.3 Å². The van der Waals surface area contributed by atoms with Gasteiger partial charge in [0.2, 0.25) is 5.91 Å². The van der Waals surface area contributed by atoms with Crippen molar-refractivity contribution in [3.63, 3.8) is 0 Å². The third kappa shape index (κ3) is 9.74. The maximum Gasteiger partial charge on any atom is 1.00 e. The Morgan fingerprint density at radius 1 is 1.00 bits per heavy atom. The number of primary amides is 1. The largest absolute Gasteiger partial charge is 1.00 e. The van der Waals surface area contributed by atoms with Gasteiger partial charge in [0.05, 0.1) is 0 Å². The third-order valence-corrected chi connectivity index (χ3v) is 8.76. The first-order chi connectivity index (χ1) is 21.2. The first-order valence-electron chi connectivity index (χ1n) is 16.7. The summed E-state index contributed by atoms with van der Waals surface area (Å²) in [5, 5.41) is 10.2. The molecular weight excluding hydrogens is 595 g/mol. The van der Waals surface area contributed by atoms with Crippen molar-refractivity contribution in [3.8, 4) is 0 Å². The number of pyridine rings is 1. The van der Waals surface area contributed by atoms with E-state index in [0.29, 0.717) is 35.3 Å². The average Bonchev–Trinajstić information content (AvgIpc) is 3.49. The SMILES string of the molecule is CC.CC.CC.CC1CCC(C(N)=O)CC1.Cc1c(F)c[c-]c2c1CCC/C2=C1/[CH-]c2cc3c(c(=O)n2C1)CCC(=O)C3O.[K+]. The first kappa shape index (κ1) is 41.5. The quantitative estimate of drug-likeness (QED) is 0.354. The van der Waals surface area contributed by atoms with Gasteiger partial charge in [-0.1, -0.05) is 91.5 Å². The van der Waals surface area contributed by atoms with Crippen LogP contribution in [-0.2, 0) is 29.0 Å². The molecule has 0 radical (unpaired) electrons. The van der Waals surface area contributed by atoms with Crippen molar-refractivity contribution >= 4 is 17.3 Å². The van der Waals surface area contributed by atoms with E-state index in [9.17, 15) is 23.9 Å². The van der Waals surface area contributed by atoms with Gasteiger partial charge >= 0.3 is 51.4 Å². The van der Waals surface area contributed by atoms with Crippen LogP contribution in [0.25, 0.3) is 5.57 Å². The van der Waals surface area contributed by atoms with Crippen LogP contribution >= 0.6 is 0 Å². The van der Waals surface area contributed by atoms with E-state index in [-0.39, 0.29) is 86.8 Å². The molecule has 1 atom stereocenters. The number of Topliss-reactive ketones (excluding diaryl/α,β-unsaturated/α-hetero) is 1. The van der Waals surface area contributed by atoms with Gasteiger partial charge in [0.25, 0.3) is 5.56 Å². The fraction of sp³-hybridized carbons (Fsp3) is 0.568. The maximum atomic E-state index is 14.0. The van der Waals surface area contributed by atoms with Crippen LogP contribution in [0.2, 0.25) is 0 Å². The summed E-state index contributed by atoms with van der Waals surface area (Å²) in [4.78, 5) is 35.5. The molecule has 1 aromatic carbocycles. The van der Waals surface area contributed by atoms with Crippen LogP contribution in [0, 0.1) is 37.1 Å². The van der Waals surface area contributed by atoms with Crippen LogP contribution < -0.4 is 62.7 Å². The summed E-state index contributed by atoms with van der Waals surface area (Å²) < 4.78 is 15.7. The van der Waals surface area contributed by atoms with Crippen LogP contribution in [0.3, 0.4) is 0 Å². The van der Waals surface area contributed by atoms with Crippen molar-refractivity contribution in [2.45, 2.75) is 126 Å². The van der Waals surface area contributed by atoms with Gasteiger partial charge in [-0.2, -0.15) is 5.56 Å². The second-order valence-electron chi connectivity index (χ2n) is 11.2. The number of aliphatic hydroxyl groups is 1. The number of benzene rings is 1. The normalized spacial score (nSPS) is 22.3. The number of amides is 1. The number of hydrogen-bond donors (Lipinski definition) is 2. The number of halogens is 1. The fourth-order valence-corrected chi connectivity index (χ4v) is 6.32. The molecule has 244 valence electrons. The van der Waals surface area contributed by atoms with Crippen molar-refractivity contribution in [1.29, 1.82) is 0 Å². The zero-order valence-corrected chi connectivity index (χ0v) is 32.2. The molecule has 0 saturated heterocycles. The van der Waals surface area contributed by atoms with Crippen LogP contribution in [-0.4, -0.2) is 21.4 Å². The average molecular weight is 648 g/mol. The second-order valence-corrected chi connectivity index (χ2v) is 11.2. The van der Waals surface area contributed by atoms with Crippen LogP contribution in [0.1, 0.15) is 133 Å². The van der Waals surface area contributed by atoms with Crippen LogP contribution in [0.4, 0.5) is 4.39 Å². The van der Waals surface area contributed by atoms with E-state index in [4.69, 9.17) is 5.73 Å². The molecule has 1 aliphatic heterocycles. The molecule has 1 saturated carbocycles. The predicted octanol–water partition coefficient (Wildman–Crippen LogP) is 4.38. The van der Waals surface area contributed by atoms with Gasteiger partial charge in [0, 0.05) is 30.3 Å². The number of carbonyl (C=O) groups excluding carboxylic acids is 2. The molecule has 0 bridgehead atoms. The second kappa shape index (κ2) is 20.0. The zero-order chi connectivity index (χ0) is 33.1. The number of rotatable bonds is 1. The molecule has 2 aromatic rings. The Balaban J connectivity index is 0.000000504. The standard InChI is InChI=1S/C23H20FNO3.C8H15NO.3C2H6.K/c1-12-15-3-2-4-16(17(15)5-7-20(12)24)13-9-14-10-19-18(23(28)25(14)11-13)6-8-21(26)22(19)27;1-6-2-4-7(5-3-6)8(9)10;3*1-2;/h7,9-10,22,27H,2-4,6,8,11H2,1H3;6-7H,2-5H2,1H3,(H2,9,10);3*1-2H3;/q-2;;;;;+1/b16-13+;;;;;. The zero-order valence-electron chi connectivity index (χ0n) is 29.1. The molecule has 3 N–H and O–H groups in total. The molecule has 1 fully saturated rings. The molecule has 6 rings (SSSR count). The summed E-state index contributed by atoms with van der Waals surface area (Å²) in [5.74, 6) is 0.409. The molecular formula is C37H53FKN2O4-. The number of aromatic nitrogens is 1. The number of carbonyl (C=O) groups is 2. The number of aliphatic hydroxyl groups excluding tert-OH is 1. The molecule has 45 heavy (non-hydrogen) atoms. The van der Waals surface area contributed by atoms with Crippen molar-refractivity contribution in [2.24, 2.45) is 17.6 Å².